The summed E-state index contributed by atoms with van der Waals surface area (Å²) in [7, 11) is 1.64. The van der Waals surface area contributed by atoms with Crippen molar-refractivity contribution in [2.75, 3.05) is 26.8 Å². The zero-order valence-electron chi connectivity index (χ0n) is 11.1. The molecule has 100 valence electrons. The number of ketones is 1. The van der Waals surface area contributed by atoms with Crippen LogP contribution in [0.5, 0.6) is 0 Å². The van der Waals surface area contributed by atoms with Crippen molar-refractivity contribution in [3.63, 3.8) is 0 Å². The molecule has 0 aliphatic heterocycles. The molecule has 0 spiro atoms. The predicted octanol–water partition coefficient (Wildman–Crippen LogP) is 2.37. The fraction of sp³-hybridized carbons (Fsp3) is 0.500. The minimum atomic E-state index is -0.327. The van der Waals surface area contributed by atoms with Crippen molar-refractivity contribution in [2.24, 2.45) is 0 Å². The molecule has 4 heteroatoms. The molecule has 1 atom stereocenters. The van der Waals surface area contributed by atoms with Crippen LogP contribution >= 0.6 is 0 Å². The lowest BCUT2D eigenvalue weighted by molar-refractivity contribution is 0.0788. The zero-order chi connectivity index (χ0) is 13.5. The van der Waals surface area contributed by atoms with Gasteiger partial charge in [-0.15, -0.1) is 0 Å². The smallest absolute Gasteiger partial charge is 0.176 e. The topological polar surface area (TPSA) is 29.5 Å². The van der Waals surface area contributed by atoms with Crippen LogP contribution in [0.15, 0.2) is 24.3 Å². The third-order valence-electron chi connectivity index (χ3n) is 2.95. The number of benzene rings is 1. The molecule has 1 aromatic carbocycles. The van der Waals surface area contributed by atoms with E-state index in [1.54, 1.807) is 7.11 Å². The third-order valence-corrected chi connectivity index (χ3v) is 2.95. The van der Waals surface area contributed by atoms with E-state index in [9.17, 15) is 9.18 Å². The maximum absolute atomic E-state index is 12.8. The molecule has 0 saturated heterocycles. The van der Waals surface area contributed by atoms with Gasteiger partial charge in [0.25, 0.3) is 0 Å². The summed E-state index contributed by atoms with van der Waals surface area (Å²) in [6.07, 6.45) is 0. The maximum Gasteiger partial charge on any atom is 0.176 e. The van der Waals surface area contributed by atoms with Gasteiger partial charge in [0, 0.05) is 18.7 Å². The summed E-state index contributed by atoms with van der Waals surface area (Å²) in [6.45, 7) is 5.71. The highest BCUT2D eigenvalue weighted by Crippen LogP contribution is 2.07. The van der Waals surface area contributed by atoms with Crippen LogP contribution in [0.1, 0.15) is 24.2 Å². The van der Waals surface area contributed by atoms with Crippen molar-refractivity contribution in [1.82, 2.24) is 4.90 Å². The van der Waals surface area contributed by atoms with Crippen molar-refractivity contribution in [3.8, 4) is 0 Å². The molecule has 0 N–H and O–H groups in total. The number of Topliss-reactive ketones (excluding diaryl/α,β-unsaturated/α-hetero) is 1. The quantitative estimate of drug-likeness (QED) is 0.699. The zero-order valence-corrected chi connectivity index (χ0v) is 11.1. The molecule has 0 heterocycles. The number of rotatable bonds is 7. The summed E-state index contributed by atoms with van der Waals surface area (Å²) in [5.41, 5.74) is 0.541. The Balaban J connectivity index is 2.64. The fourth-order valence-corrected chi connectivity index (χ4v) is 1.84. The van der Waals surface area contributed by atoms with E-state index in [0.29, 0.717) is 18.7 Å². The maximum atomic E-state index is 12.8. The number of carbonyl (C=O) groups is 1. The van der Waals surface area contributed by atoms with E-state index in [-0.39, 0.29) is 17.6 Å². The van der Waals surface area contributed by atoms with Gasteiger partial charge in [-0.25, -0.2) is 4.39 Å². The second kappa shape index (κ2) is 7.24. The van der Waals surface area contributed by atoms with Gasteiger partial charge in [0.05, 0.1) is 13.2 Å². The SMILES string of the molecule is CCN(CC(=O)c1ccc(F)cc1)C(C)COC. The van der Waals surface area contributed by atoms with Crippen molar-refractivity contribution >= 4 is 5.78 Å². The average molecular weight is 253 g/mol. The minimum absolute atomic E-state index is 0.000182. The van der Waals surface area contributed by atoms with Crippen LogP contribution in [0, 0.1) is 5.82 Å². The number of ether oxygens (including phenoxy) is 1. The Hall–Kier alpha value is -1.26. The first kappa shape index (κ1) is 14.8. The minimum Gasteiger partial charge on any atom is -0.383 e. The van der Waals surface area contributed by atoms with Gasteiger partial charge in [-0.3, -0.25) is 9.69 Å². The molecule has 18 heavy (non-hydrogen) atoms. The summed E-state index contributed by atoms with van der Waals surface area (Å²) in [5, 5.41) is 0. The lowest BCUT2D eigenvalue weighted by Gasteiger charge is -2.26. The number of nitrogens with zero attached hydrogens (tertiary/aromatic N) is 1. The molecule has 0 aliphatic carbocycles. The molecular weight excluding hydrogens is 233 g/mol. The third kappa shape index (κ3) is 4.20. The van der Waals surface area contributed by atoms with Crippen molar-refractivity contribution in [1.29, 1.82) is 0 Å². The number of carbonyl (C=O) groups excluding carboxylic acids is 1. The molecule has 0 fully saturated rings. The van der Waals surface area contributed by atoms with Gasteiger partial charge < -0.3 is 4.74 Å². The number of methoxy groups -OCH3 is 1. The van der Waals surface area contributed by atoms with E-state index in [2.05, 4.69) is 0 Å². The van der Waals surface area contributed by atoms with Gasteiger partial charge >= 0.3 is 0 Å². The van der Waals surface area contributed by atoms with Gasteiger partial charge in [0.2, 0.25) is 0 Å². The van der Waals surface area contributed by atoms with Gasteiger partial charge in [0.1, 0.15) is 5.82 Å². The molecule has 1 unspecified atom stereocenters. The second-order valence-corrected chi connectivity index (χ2v) is 4.30. The molecular formula is C14H20FNO2. The molecule has 0 radical (unpaired) electrons. The Morgan fingerprint density at radius 3 is 2.50 bits per heavy atom. The first-order chi connectivity index (χ1) is 8.58. The monoisotopic (exact) mass is 253 g/mol. The first-order valence-electron chi connectivity index (χ1n) is 6.10. The van der Waals surface area contributed by atoms with E-state index in [4.69, 9.17) is 4.74 Å². The number of hydrogen-bond donors (Lipinski definition) is 0. The number of halogens is 1. The highest BCUT2D eigenvalue weighted by molar-refractivity contribution is 5.97. The van der Waals surface area contributed by atoms with Crippen LogP contribution in [0.25, 0.3) is 0 Å². The molecule has 0 aromatic heterocycles. The van der Waals surface area contributed by atoms with Crippen LogP contribution in [0.2, 0.25) is 0 Å². The molecule has 3 nitrogen and oxygen atoms in total. The Labute approximate surface area is 108 Å². The van der Waals surface area contributed by atoms with Crippen LogP contribution in [0.3, 0.4) is 0 Å². The van der Waals surface area contributed by atoms with Crippen molar-refractivity contribution < 1.29 is 13.9 Å². The Kier molecular flexibility index (Phi) is 5.95. The van der Waals surface area contributed by atoms with Crippen LogP contribution in [-0.2, 0) is 4.74 Å². The van der Waals surface area contributed by atoms with E-state index >= 15 is 0 Å². The lowest BCUT2D eigenvalue weighted by Crippen LogP contribution is -2.39. The summed E-state index contributed by atoms with van der Waals surface area (Å²) in [5.74, 6) is -0.327. The molecule has 0 amide bonds. The summed E-state index contributed by atoms with van der Waals surface area (Å²) in [6, 6.07) is 5.84. The highest BCUT2D eigenvalue weighted by atomic mass is 19.1. The highest BCUT2D eigenvalue weighted by Gasteiger charge is 2.16. The van der Waals surface area contributed by atoms with E-state index < -0.39 is 0 Å². The molecule has 0 aliphatic rings. The second-order valence-electron chi connectivity index (χ2n) is 4.30. The predicted molar refractivity (Wildman–Crippen MR) is 69.3 cm³/mol. The first-order valence-corrected chi connectivity index (χ1v) is 6.10. The molecule has 0 saturated carbocycles. The van der Waals surface area contributed by atoms with Gasteiger partial charge in [-0.2, -0.15) is 0 Å². The van der Waals surface area contributed by atoms with E-state index in [1.165, 1.54) is 24.3 Å². The Morgan fingerprint density at radius 2 is 2.00 bits per heavy atom. The molecule has 1 aromatic rings. The van der Waals surface area contributed by atoms with E-state index in [0.717, 1.165) is 6.54 Å². The standard InChI is InChI=1S/C14H20FNO2/c1-4-16(11(2)10-18-3)9-14(17)12-5-7-13(15)8-6-12/h5-8,11H,4,9-10H2,1-3H3. The van der Waals surface area contributed by atoms with Gasteiger partial charge in [-0.1, -0.05) is 6.92 Å². The van der Waals surface area contributed by atoms with Crippen molar-refractivity contribution in [3.05, 3.63) is 35.6 Å². The average Bonchev–Trinajstić information content (AvgIpc) is 2.36. The van der Waals surface area contributed by atoms with Gasteiger partial charge in [-0.05, 0) is 37.7 Å². The summed E-state index contributed by atoms with van der Waals surface area (Å²) >= 11 is 0. The largest absolute Gasteiger partial charge is 0.383 e. The van der Waals surface area contributed by atoms with Crippen molar-refractivity contribution in [2.45, 2.75) is 19.9 Å². The number of hydrogen-bond acceptors (Lipinski definition) is 3. The van der Waals surface area contributed by atoms with Crippen LogP contribution in [0.4, 0.5) is 4.39 Å². The fourth-order valence-electron chi connectivity index (χ4n) is 1.84. The van der Waals surface area contributed by atoms with Gasteiger partial charge in [0.15, 0.2) is 5.78 Å². The Morgan fingerprint density at radius 1 is 1.39 bits per heavy atom. The summed E-state index contributed by atoms with van der Waals surface area (Å²) in [4.78, 5) is 14.1. The normalized spacial score (nSPS) is 12.7. The Bertz CT molecular complexity index is 378. The number of likely N-dealkylation sites (N-methyl/N-ethyl adjacent to an activating group) is 1. The van der Waals surface area contributed by atoms with Crippen LogP contribution in [-0.4, -0.2) is 43.5 Å². The lowest BCUT2D eigenvalue weighted by atomic mass is 10.1. The molecule has 1 rings (SSSR count). The molecule has 0 bridgehead atoms. The van der Waals surface area contributed by atoms with E-state index in [1.807, 2.05) is 18.7 Å². The summed E-state index contributed by atoms with van der Waals surface area (Å²) < 4.78 is 17.9. The van der Waals surface area contributed by atoms with Crippen LogP contribution < -0.4 is 0 Å².